The molecule has 0 heterocycles. The lowest BCUT2D eigenvalue weighted by molar-refractivity contribution is -0.365. The summed E-state index contributed by atoms with van der Waals surface area (Å²) in [6.07, 6.45) is 13.4. The van der Waals surface area contributed by atoms with Crippen LogP contribution < -0.4 is 0 Å². The number of rotatable bonds is 11. The lowest BCUT2D eigenvalue weighted by atomic mass is 9.43. The normalized spacial score (nSPS) is 35.5. The average Bonchev–Trinajstić information content (AvgIpc) is 3.40. The summed E-state index contributed by atoms with van der Waals surface area (Å²) in [6.45, 7) is 17.1. The van der Waals surface area contributed by atoms with Crippen molar-refractivity contribution < 1.29 is 19.3 Å². The number of benzene rings is 2. The quantitative estimate of drug-likeness (QED) is 0.139. The van der Waals surface area contributed by atoms with E-state index in [-0.39, 0.29) is 23.6 Å². The zero-order valence-electron chi connectivity index (χ0n) is 30.4. The van der Waals surface area contributed by atoms with Crippen LogP contribution in [0.25, 0.3) is 0 Å². The zero-order valence-corrected chi connectivity index (χ0v) is 30.4. The largest absolute Gasteiger partial charge is 0.459 e. The monoisotopic (exact) mass is 642 g/mol. The molecular formula is C43H62O4. The minimum atomic E-state index is -0.201. The molecular weight excluding hydrogens is 580 g/mol. The summed E-state index contributed by atoms with van der Waals surface area (Å²) in [5.74, 6) is 4.67. The smallest absolute Gasteiger partial charge is 0.338 e. The van der Waals surface area contributed by atoms with E-state index in [0.29, 0.717) is 35.3 Å². The van der Waals surface area contributed by atoms with E-state index in [4.69, 9.17) is 14.5 Å². The Kier molecular flexibility index (Phi) is 10.6. The Hall–Kier alpha value is -2.17. The summed E-state index contributed by atoms with van der Waals surface area (Å²) in [5.41, 5.74) is 4.77. The van der Waals surface area contributed by atoms with E-state index >= 15 is 0 Å². The van der Waals surface area contributed by atoms with Crippen molar-refractivity contribution in [1.82, 2.24) is 0 Å². The SMILES string of the molecule is Cc1ccc(COOC2CC3C4CCC(C(C)CCCC(C)C)C4(C)CCC3C3(C)CCC(OC(=O)c4ccc(C)cc4)CC23)cc1. The molecule has 4 aliphatic carbocycles. The van der Waals surface area contributed by atoms with Gasteiger partial charge in [0.25, 0.3) is 0 Å². The first-order valence-electron chi connectivity index (χ1n) is 19.1. The number of ether oxygens (including phenoxy) is 1. The fourth-order valence-corrected chi connectivity index (χ4v) is 11.3. The van der Waals surface area contributed by atoms with Crippen LogP contribution in [0.1, 0.15) is 132 Å². The second kappa shape index (κ2) is 14.4. The molecule has 4 heteroatoms. The first-order chi connectivity index (χ1) is 22.5. The van der Waals surface area contributed by atoms with Crippen molar-refractivity contribution in [2.24, 2.45) is 52.3 Å². The van der Waals surface area contributed by atoms with E-state index in [9.17, 15) is 4.79 Å². The molecule has 6 rings (SSSR count). The molecule has 258 valence electrons. The van der Waals surface area contributed by atoms with Crippen LogP contribution in [0.15, 0.2) is 48.5 Å². The molecule has 10 atom stereocenters. The van der Waals surface area contributed by atoms with Gasteiger partial charge in [-0.15, -0.1) is 0 Å². The molecule has 0 radical (unpaired) electrons. The van der Waals surface area contributed by atoms with Gasteiger partial charge in [-0.3, -0.25) is 0 Å². The molecule has 0 amide bonds. The van der Waals surface area contributed by atoms with Crippen LogP contribution in [-0.2, 0) is 21.1 Å². The average molecular weight is 643 g/mol. The van der Waals surface area contributed by atoms with Crippen LogP contribution in [0.3, 0.4) is 0 Å². The molecule has 4 fully saturated rings. The van der Waals surface area contributed by atoms with Gasteiger partial charge in [0.1, 0.15) is 12.7 Å². The Morgan fingerprint density at radius 2 is 1.45 bits per heavy atom. The van der Waals surface area contributed by atoms with Gasteiger partial charge in [-0.1, -0.05) is 101 Å². The molecule has 10 unspecified atom stereocenters. The fraction of sp³-hybridized carbons (Fsp3) is 0.698. The summed E-state index contributed by atoms with van der Waals surface area (Å²) in [7, 11) is 0. The lowest BCUT2D eigenvalue weighted by Gasteiger charge is -2.62. The van der Waals surface area contributed by atoms with Gasteiger partial charge >= 0.3 is 5.97 Å². The maximum atomic E-state index is 13.2. The highest BCUT2D eigenvalue weighted by Crippen LogP contribution is 2.68. The number of fused-ring (bicyclic) bond motifs is 5. The van der Waals surface area contributed by atoms with Crippen molar-refractivity contribution in [2.45, 2.75) is 138 Å². The number of carbonyl (C=O) groups excluding carboxylic acids is 1. The second-order valence-electron chi connectivity index (χ2n) is 17.3. The third-order valence-electron chi connectivity index (χ3n) is 13.9. The molecule has 0 N–H and O–H groups in total. The van der Waals surface area contributed by atoms with Gasteiger partial charge in [0.15, 0.2) is 0 Å². The van der Waals surface area contributed by atoms with Crippen molar-refractivity contribution in [3.8, 4) is 0 Å². The summed E-state index contributed by atoms with van der Waals surface area (Å²) in [6, 6.07) is 16.3. The highest BCUT2D eigenvalue weighted by molar-refractivity contribution is 5.89. The van der Waals surface area contributed by atoms with E-state index in [1.807, 2.05) is 31.2 Å². The number of esters is 1. The van der Waals surface area contributed by atoms with Crippen LogP contribution in [0.5, 0.6) is 0 Å². The molecule has 2 aromatic rings. The molecule has 0 aromatic heterocycles. The van der Waals surface area contributed by atoms with Gasteiger partial charge in [-0.05, 0) is 135 Å². The van der Waals surface area contributed by atoms with E-state index in [1.165, 1.54) is 50.5 Å². The molecule has 47 heavy (non-hydrogen) atoms. The van der Waals surface area contributed by atoms with Gasteiger partial charge < -0.3 is 4.74 Å². The highest BCUT2D eigenvalue weighted by atomic mass is 17.2. The number of hydrogen-bond donors (Lipinski definition) is 0. The minimum absolute atomic E-state index is 0.0115. The summed E-state index contributed by atoms with van der Waals surface area (Å²) < 4.78 is 6.22. The Balaban J connectivity index is 1.19. The molecule has 0 bridgehead atoms. The summed E-state index contributed by atoms with van der Waals surface area (Å²) >= 11 is 0. The molecule has 4 saturated carbocycles. The molecule has 0 spiro atoms. The predicted octanol–water partition coefficient (Wildman–Crippen LogP) is 11.1. The van der Waals surface area contributed by atoms with E-state index in [1.54, 1.807) is 0 Å². The number of aryl methyl sites for hydroxylation is 2. The predicted molar refractivity (Wildman–Crippen MR) is 190 cm³/mol. The third kappa shape index (κ3) is 7.25. The minimum Gasteiger partial charge on any atom is -0.459 e. The Bertz CT molecular complexity index is 1330. The first-order valence-corrected chi connectivity index (χ1v) is 19.1. The van der Waals surface area contributed by atoms with Crippen LogP contribution in [0.2, 0.25) is 0 Å². The molecule has 0 saturated heterocycles. The van der Waals surface area contributed by atoms with Crippen LogP contribution in [0, 0.1) is 66.1 Å². The van der Waals surface area contributed by atoms with Crippen molar-refractivity contribution >= 4 is 5.97 Å². The number of carbonyl (C=O) groups is 1. The second-order valence-corrected chi connectivity index (χ2v) is 17.3. The van der Waals surface area contributed by atoms with Crippen molar-refractivity contribution in [1.29, 1.82) is 0 Å². The fourth-order valence-electron chi connectivity index (χ4n) is 11.3. The zero-order chi connectivity index (χ0) is 33.3. The molecule has 4 aliphatic rings. The first kappa shape index (κ1) is 34.7. The van der Waals surface area contributed by atoms with Gasteiger partial charge in [-0.25, -0.2) is 14.6 Å². The van der Waals surface area contributed by atoms with Crippen LogP contribution in [-0.4, -0.2) is 18.2 Å². The Labute approximate surface area is 285 Å². The summed E-state index contributed by atoms with van der Waals surface area (Å²) in [4.78, 5) is 25.9. The molecule has 2 aromatic carbocycles. The summed E-state index contributed by atoms with van der Waals surface area (Å²) in [5, 5.41) is 0. The standard InChI is InChI=1S/C43H62O4/c1-28(2)9-8-10-31(5)36-19-20-37-35-26-40(47-45-27-32-15-11-29(3)12-16-32)39-25-34(46-41(44)33-17-13-30(4)14-18-33)21-23-43(39,7)38(35)22-24-42(36,37)6/h11-18,28,31,34-40H,8-10,19-27H2,1-7H3. The Morgan fingerprint density at radius 3 is 2.15 bits per heavy atom. The number of hydrogen-bond acceptors (Lipinski definition) is 4. The van der Waals surface area contributed by atoms with Gasteiger partial charge in [0, 0.05) is 0 Å². The molecule has 4 nitrogen and oxygen atoms in total. The van der Waals surface area contributed by atoms with E-state index in [2.05, 4.69) is 65.8 Å². The third-order valence-corrected chi connectivity index (χ3v) is 13.9. The maximum Gasteiger partial charge on any atom is 0.338 e. The van der Waals surface area contributed by atoms with Gasteiger partial charge in [0.05, 0.1) is 11.7 Å². The van der Waals surface area contributed by atoms with Crippen molar-refractivity contribution in [2.75, 3.05) is 0 Å². The van der Waals surface area contributed by atoms with Gasteiger partial charge in [-0.2, -0.15) is 0 Å². The van der Waals surface area contributed by atoms with E-state index < -0.39 is 0 Å². The lowest BCUT2D eigenvalue weighted by Crippen LogP contribution is -2.59. The topological polar surface area (TPSA) is 44.8 Å². The van der Waals surface area contributed by atoms with Crippen molar-refractivity contribution in [3.63, 3.8) is 0 Å². The van der Waals surface area contributed by atoms with Crippen LogP contribution >= 0.6 is 0 Å². The highest BCUT2D eigenvalue weighted by Gasteiger charge is 2.63. The Morgan fingerprint density at radius 1 is 0.787 bits per heavy atom. The maximum absolute atomic E-state index is 13.2. The van der Waals surface area contributed by atoms with E-state index in [0.717, 1.165) is 60.5 Å². The van der Waals surface area contributed by atoms with Crippen molar-refractivity contribution in [3.05, 3.63) is 70.8 Å². The molecule has 0 aliphatic heterocycles. The van der Waals surface area contributed by atoms with Gasteiger partial charge in [0.2, 0.25) is 0 Å². The van der Waals surface area contributed by atoms with Crippen LogP contribution in [0.4, 0.5) is 0 Å².